The number of nitriles is 1. The highest BCUT2D eigenvalue weighted by Crippen LogP contribution is 2.32. The van der Waals surface area contributed by atoms with Crippen molar-refractivity contribution in [3.63, 3.8) is 0 Å². The van der Waals surface area contributed by atoms with Crippen LogP contribution in [0.4, 0.5) is 0 Å². The lowest BCUT2D eigenvalue weighted by Crippen LogP contribution is -2.35. The summed E-state index contributed by atoms with van der Waals surface area (Å²) in [6, 6.07) is 5.37. The van der Waals surface area contributed by atoms with Crippen molar-refractivity contribution in [3.05, 3.63) is 41.5 Å². The first kappa shape index (κ1) is 15.3. The minimum Gasteiger partial charge on any atom is -0.373 e. The summed E-state index contributed by atoms with van der Waals surface area (Å²) in [7, 11) is 1.71. The highest BCUT2D eigenvalue weighted by molar-refractivity contribution is 5.93. The van der Waals surface area contributed by atoms with Gasteiger partial charge in [-0.3, -0.25) is 9.89 Å². The van der Waals surface area contributed by atoms with E-state index in [4.69, 9.17) is 10.00 Å². The van der Waals surface area contributed by atoms with E-state index in [1.54, 1.807) is 29.9 Å². The van der Waals surface area contributed by atoms with E-state index in [0.29, 0.717) is 17.9 Å². The molecule has 0 aromatic carbocycles. The lowest BCUT2D eigenvalue weighted by molar-refractivity contribution is -0.0272. The van der Waals surface area contributed by atoms with Crippen molar-refractivity contribution in [1.82, 2.24) is 20.1 Å². The molecule has 120 valence electrons. The van der Waals surface area contributed by atoms with Crippen LogP contribution in [-0.2, 0) is 11.8 Å². The molecule has 1 saturated heterocycles. The SMILES string of the molecule is Cn1c(C#N)ccc1C(=O)NC[C@@H]1CCCO[C@H]1c1cn[nH]c1. The molecule has 1 amide bonds. The van der Waals surface area contributed by atoms with Gasteiger partial charge in [0.2, 0.25) is 0 Å². The predicted molar refractivity (Wildman–Crippen MR) is 82.5 cm³/mol. The quantitative estimate of drug-likeness (QED) is 0.894. The third kappa shape index (κ3) is 3.12. The Labute approximate surface area is 134 Å². The van der Waals surface area contributed by atoms with Gasteiger partial charge in [-0.15, -0.1) is 0 Å². The van der Waals surface area contributed by atoms with Crippen LogP contribution in [0.3, 0.4) is 0 Å². The van der Waals surface area contributed by atoms with E-state index in [0.717, 1.165) is 25.0 Å². The number of hydrogen-bond donors (Lipinski definition) is 2. The van der Waals surface area contributed by atoms with Crippen LogP contribution in [0.15, 0.2) is 24.5 Å². The molecule has 0 aliphatic carbocycles. The van der Waals surface area contributed by atoms with Gasteiger partial charge in [0.1, 0.15) is 17.5 Å². The number of H-pyrrole nitrogens is 1. The smallest absolute Gasteiger partial charge is 0.267 e. The van der Waals surface area contributed by atoms with Crippen molar-refractivity contribution in [3.8, 4) is 6.07 Å². The Bertz CT molecular complexity index is 713. The molecule has 0 radical (unpaired) electrons. The molecule has 1 fully saturated rings. The van der Waals surface area contributed by atoms with E-state index >= 15 is 0 Å². The van der Waals surface area contributed by atoms with E-state index < -0.39 is 0 Å². The summed E-state index contributed by atoms with van der Waals surface area (Å²) < 4.78 is 7.46. The number of carbonyl (C=O) groups is 1. The maximum absolute atomic E-state index is 12.3. The van der Waals surface area contributed by atoms with Crippen LogP contribution in [0.5, 0.6) is 0 Å². The molecular weight excluding hydrogens is 294 g/mol. The van der Waals surface area contributed by atoms with Crippen LogP contribution in [0.1, 0.15) is 40.7 Å². The first-order valence-electron chi connectivity index (χ1n) is 7.65. The van der Waals surface area contributed by atoms with Crippen LogP contribution in [0, 0.1) is 17.2 Å². The highest BCUT2D eigenvalue weighted by atomic mass is 16.5. The van der Waals surface area contributed by atoms with Crippen LogP contribution in [0.2, 0.25) is 0 Å². The molecule has 7 nitrogen and oxygen atoms in total. The number of aromatic nitrogens is 3. The Balaban J connectivity index is 1.65. The summed E-state index contributed by atoms with van der Waals surface area (Å²) in [5.74, 6) is 0.0338. The van der Waals surface area contributed by atoms with E-state index in [-0.39, 0.29) is 17.9 Å². The molecule has 3 rings (SSSR count). The summed E-state index contributed by atoms with van der Waals surface area (Å²) in [6.45, 7) is 1.26. The molecule has 2 aromatic heterocycles. The average molecular weight is 313 g/mol. The number of aromatic amines is 1. The number of carbonyl (C=O) groups excluding carboxylic acids is 1. The number of hydrogen-bond acceptors (Lipinski definition) is 4. The minimum absolute atomic E-state index is 0.0501. The topological polar surface area (TPSA) is 95.7 Å². The van der Waals surface area contributed by atoms with Crippen LogP contribution < -0.4 is 5.32 Å². The number of amides is 1. The third-order valence-corrected chi connectivity index (χ3v) is 4.29. The Morgan fingerprint density at radius 2 is 2.48 bits per heavy atom. The highest BCUT2D eigenvalue weighted by Gasteiger charge is 2.28. The molecule has 0 spiro atoms. The molecule has 0 bridgehead atoms. The van der Waals surface area contributed by atoms with E-state index in [9.17, 15) is 4.79 Å². The summed E-state index contributed by atoms with van der Waals surface area (Å²) in [5.41, 5.74) is 1.96. The number of nitrogens with one attached hydrogen (secondary N) is 2. The van der Waals surface area contributed by atoms with Crippen LogP contribution in [0.25, 0.3) is 0 Å². The zero-order chi connectivity index (χ0) is 16.2. The summed E-state index contributed by atoms with van der Waals surface area (Å²) in [5, 5.41) is 18.7. The van der Waals surface area contributed by atoms with Crippen LogP contribution in [-0.4, -0.2) is 33.8 Å². The second-order valence-electron chi connectivity index (χ2n) is 5.71. The van der Waals surface area contributed by atoms with Gasteiger partial charge in [0.25, 0.3) is 5.91 Å². The molecule has 1 aliphatic heterocycles. The predicted octanol–water partition coefficient (Wildman–Crippen LogP) is 1.52. The first-order valence-corrected chi connectivity index (χ1v) is 7.65. The molecule has 3 heterocycles. The Morgan fingerprint density at radius 1 is 1.61 bits per heavy atom. The lowest BCUT2D eigenvalue weighted by atomic mass is 9.91. The maximum Gasteiger partial charge on any atom is 0.267 e. The lowest BCUT2D eigenvalue weighted by Gasteiger charge is -2.31. The first-order chi connectivity index (χ1) is 11.2. The van der Waals surface area contributed by atoms with Crippen molar-refractivity contribution in [2.24, 2.45) is 13.0 Å². The molecule has 23 heavy (non-hydrogen) atoms. The Kier molecular flexibility index (Phi) is 4.44. The number of nitrogens with zero attached hydrogens (tertiary/aromatic N) is 3. The Morgan fingerprint density at radius 3 is 3.17 bits per heavy atom. The largest absolute Gasteiger partial charge is 0.373 e. The maximum atomic E-state index is 12.3. The second kappa shape index (κ2) is 6.67. The zero-order valence-corrected chi connectivity index (χ0v) is 13.0. The monoisotopic (exact) mass is 313 g/mol. The molecular formula is C16H19N5O2. The third-order valence-electron chi connectivity index (χ3n) is 4.29. The van der Waals surface area contributed by atoms with Gasteiger partial charge in [-0.25, -0.2) is 0 Å². The van der Waals surface area contributed by atoms with Crippen molar-refractivity contribution in [1.29, 1.82) is 5.26 Å². The number of ether oxygens (including phenoxy) is 1. The zero-order valence-electron chi connectivity index (χ0n) is 13.0. The van der Waals surface area contributed by atoms with Gasteiger partial charge in [0.15, 0.2) is 0 Å². The standard InChI is InChI=1S/C16H19N5O2/c1-21-13(7-17)4-5-14(21)16(22)18-8-11-3-2-6-23-15(11)12-9-19-20-10-12/h4-5,9-11,15H,2-3,6,8H2,1H3,(H,18,22)(H,19,20)/t11-,15+/m0/s1. The number of rotatable bonds is 4. The van der Waals surface area contributed by atoms with Crippen molar-refractivity contribution < 1.29 is 9.53 Å². The summed E-state index contributed by atoms with van der Waals surface area (Å²) >= 11 is 0. The normalized spacial score (nSPS) is 20.9. The van der Waals surface area contributed by atoms with Crippen molar-refractivity contribution in [2.75, 3.05) is 13.2 Å². The minimum atomic E-state index is -0.175. The van der Waals surface area contributed by atoms with E-state index in [1.807, 2.05) is 6.20 Å². The average Bonchev–Trinajstić information content (AvgIpc) is 3.22. The fraction of sp³-hybridized carbons (Fsp3) is 0.438. The van der Waals surface area contributed by atoms with E-state index in [2.05, 4.69) is 21.6 Å². The van der Waals surface area contributed by atoms with Gasteiger partial charge in [-0.2, -0.15) is 10.4 Å². The van der Waals surface area contributed by atoms with Gasteiger partial charge < -0.3 is 14.6 Å². The van der Waals surface area contributed by atoms with Gasteiger partial charge in [0.05, 0.1) is 12.3 Å². The molecule has 2 atom stereocenters. The van der Waals surface area contributed by atoms with Crippen molar-refractivity contribution >= 4 is 5.91 Å². The van der Waals surface area contributed by atoms with Crippen LogP contribution >= 0.6 is 0 Å². The molecule has 7 heteroatoms. The molecule has 0 saturated carbocycles. The Hall–Kier alpha value is -2.59. The van der Waals surface area contributed by atoms with Gasteiger partial charge in [-0.05, 0) is 25.0 Å². The van der Waals surface area contributed by atoms with Crippen molar-refractivity contribution in [2.45, 2.75) is 18.9 Å². The molecule has 1 aliphatic rings. The molecule has 2 aromatic rings. The molecule has 0 unspecified atom stereocenters. The van der Waals surface area contributed by atoms with Gasteiger partial charge in [0, 0.05) is 37.9 Å². The molecule has 2 N–H and O–H groups in total. The summed E-state index contributed by atoms with van der Waals surface area (Å²) in [6.07, 6.45) is 5.53. The fourth-order valence-corrected chi connectivity index (χ4v) is 3.00. The fourth-order valence-electron chi connectivity index (χ4n) is 3.00. The second-order valence-corrected chi connectivity index (χ2v) is 5.71. The van der Waals surface area contributed by atoms with E-state index in [1.165, 1.54) is 0 Å². The van der Waals surface area contributed by atoms with Gasteiger partial charge in [-0.1, -0.05) is 0 Å². The van der Waals surface area contributed by atoms with Gasteiger partial charge >= 0.3 is 0 Å². The summed E-state index contributed by atoms with van der Waals surface area (Å²) in [4.78, 5) is 12.3.